The van der Waals surface area contributed by atoms with Crippen LogP contribution in [0.15, 0.2) is 60.9 Å². The Hall–Kier alpha value is -4.73. The summed E-state index contributed by atoms with van der Waals surface area (Å²) in [5, 5.41) is 5.29. The van der Waals surface area contributed by atoms with Gasteiger partial charge in [-0.15, -0.1) is 0 Å². The van der Waals surface area contributed by atoms with Gasteiger partial charge in [-0.3, -0.25) is 4.79 Å². The van der Waals surface area contributed by atoms with Gasteiger partial charge in [0.2, 0.25) is 17.7 Å². The molecule has 2 fully saturated rings. The zero-order chi connectivity index (χ0) is 30.8. The smallest absolute Gasteiger partial charge is 0.410 e. The van der Waals surface area contributed by atoms with Gasteiger partial charge in [0.15, 0.2) is 0 Å². The van der Waals surface area contributed by atoms with Crippen molar-refractivity contribution in [1.29, 1.82) is 0 Å². The first-order chi connectivity index (χ1) is 21.2. The van der Waals surface area contributed by atoms with Gasteiger partial charge in [0.05, 0.1) is 16.9 Å². The molecular formula is C34H38N6O4. The van der Waals surface area contributed by atoms with E-state index in [0.29, 0.717) is 42.8 Å². The summed E-state index contributed by atoms with van der Waals surface area (Å²) >= 11 is 0. The van der Waals surface area contributed by atoms with E-state index in [1.165, 1.54) is 0 Å². The van der Waals surface area contributed by atoms with Crippen LogP contribution in [0.3, 0.4) is 0 Å². The maximum Gasteiger partial charge on any atom is 0.410 e. The predicted molar refractivity (Wildman–Crippen MR) is 170 cm³/mol. The highest BCUT2D eigenvalue weighted by atomic mass is 16.6. The Morgan fingerprint density at radius 2 is 1.84 bits per heavy atom. The molecule has 1 N–H and O–H groups in total. The molecular weight excluding hydrogens is 556 g/mol. The third-order valence-electron chi connectivity index (χ3n) is 7.86. The number of fused-ring (bicyclic) bond motifs is 1. The number of aromatic nitrogens is 3. The molecule has 6 rings (SSSR count). The molecule has 0 spiro atoms. The minimum atomic E-state index is -0.543. The third-order valence-corrected chi connectivity index (χ3v) is 7.86. The van der Waals surface area contributed by atoms with Crippen molar-refractivity contribution in [2.24, 2.45) is 0 Å². The Morgan fingerprint density at radius 3 is 2.64 bits per heavy atom. The molecule has 10 nitrogen and oxygen atoms in total. The number of hydrogen-bond acceptors (Lipinski definition) is 8. The molecule has 0 aliphatic carbocycles. The van der Waals surface area contributed by atoms with Crippen LogP contribution in [0.2, 0.25) is 0 Å². The Labute approximate surface area is 257 Å². The molecule has 1 unspecified atom stereocenters. The number of carbonyl (C=O) groups excluding carboxylic acids is 2. The molecule has 2 amide bonds. The van der Waals surface area contributed by atoms with Crippen LogP contribution >= 0.6 is 0 Å². The fourth-order valence-electron chi connectivity index (χ4n) is 5.81. The average Bonchev–Trinajstić information content (AvgIpc) is 3.43. The second-order valence-electron chi connectivity index (χ2n) is 12.4. The van der Waals surface area contributed by atoms with Crippen LogP contribution in [0.1, 0.15) is 52.0 Å². The van der Waals surface area contributed by atoms with E-state index < -0.39 is 5.60 Å². The van der Waals surface area contributed by atoms with Crippen molar-refractivity contribution in [3.05, 3.63) is 66.5 Å². The topological polar surface area (TPSA) is 110 Å². The summed E-state index contributed by atoms with van der Waals surface area (Å²) in [6.07, 6.45) is 6.27. The van der Waals surface area contributed by atoms with Crippen molar-refractivity contribution >= 4 is 34.4 Å². The number of likely N-dealkylation sites (tertiary alicyclic amines) is 1. The van der Waals surface area contributed by atoms with Crippen LogP contribution in [-0.4, -0.2) is 63.1 Å². The number of anilines is 2. The molecule has 4 aromatic rings. The number of hydrogen-bond donors (Lipinski definition) is 1. The minimum Gasteiger partial charge on any atom is -0.444 e. The van der Waals surface area contributed by atoms with Crippen LogP contribution in [0.25, 0.3) is 22.0 Å². The number of amides is 2. The molecule has 1 atom stereocenters. The molecule has 4 heterocycles. The second kappa shape index (κ2) is 12.1. The van der Waals surface area contributed by atoms with Gasteiger partial charge < -0.3 is 24.6 Å². The van der Waals surface area contributed by atoms with Crippen molar-refractivity contribution in [2.75, 3.05) is 29.9 Å². The Morgan fingerprint density at radius 1 is 0.977 bits per heavy atom. The van der Waals surface area contributed by atoms with Crippen molar-refractivity contribution in [3.8, 4) is 22.9 Å². The molecule has 0 saturated carbocycles. The zero-order valence-electron chi connectivity index (χ0n) is 25.7. The van der Waals surface area contributed by atoms with E-state index in [2.05, 4.69) is 21.4 Å². The number of ether oxygens (including phenoxy) is 2. The molecule has 44 heavy (non-hydrogen) atoms. The van der Waals surface area contributed by atoms with Crippen LogP contribution < -0.4 is 15.0 Å². The first kappa shape index (κ1) is 29.3. The molecule has 2 aromatic heterocycles. The maximum atomic E-state index is 12.7. The first-order valence-corrected chi connectivity index (χ1v) is 15.2. The van der Waals surface area contributed by atoms with E-state index in [1.54, 1.807) is 17.3 Å². The Kier molecular flexibility index (Phi) is 8.07. The van der Waals surface area contributed by atoms with Crippen molar-refractivity contribution in [1.82, 2.24) is 19.9 Å². The van der Waals surface area contributed by atoms with Gasteiger partial charge in [-0.1, -0.05) is 24.3 Å². The van der Waals surface area contributed by atoms with Gasteiger partial charge >= 0.3 is 6.09 Å². The summed E-state index contributed by atoms with van der Waals surface area (Å²) in [5.74, 6) is 1.72. The molecule has 0 bridgehead atoms. The highest BCUT2D eigenvalue weighted by Gasteiger charge is 2.28. The number of carbonyl (C=O) groups is 2. The number of pyridine rings is 1. The summed E-state index contributed by atoms with van der Waals surface area (Å²) in [5.41, 5.74) is 2.69. The fraction of sp³-hybridized carbons (Fsp3) is 0.382. The number of benzene rings is 2. The predicted octanol–water partition coefficient (Wildman–Crippen LogP) is 6.73. The summed E-state index contributed by atoms with van der Waals surface area (Å²) in [7, 11) is 0. The minimum absolute atomic E-state index is 0.00819. The lowest BCUT2D eigenvalue weighted by atomic mass is 10.0. The normalized spacial score (nSPS) is 17.2. The van der Waals surface area contributed by atoms with Gasteiger partial charge in [0.1, 0.15) is 11.4 Å². The molecule has 0 radical (unpaired) electrons. The first-order valence-electron chi connectivity index (χ1n) is 15.2. The average molecular weight is 595 g/mol. The molecule has 2 aliphatic heterocycles. The van der Waals surface area contributed by atoms with E-state index in [1.807, 2.05) is 75.1 Å². The lowest BCUT2D eigenvalue weighted by molar-refractivity contribution is -0.117. The van der Waals surface area contributed by atoms with Crippen LogP contribution in [0, 0.1) is 6.92 Å². The number of aryl methyl sites for hydroxylation is 1. The summed E-state index contributed by atoms with van der Waals surface area (Å²) in [6.45, 7) is 9.50. The molecule has 228 valence electrons. The van der Waals surface area contributed by atoms with E-state index in [9.17, 15) is 9.59 Å². The molecule has 10 heteroatoms. The van der Waals surface area contributed by atoms with E-state index >= 15 is 0 Å². The maximum absolute atomic E-state index is 12.7. The number of nitrogens with zero attached hydrogens (tertiary/aromatic N) is 5. The van der Waals surface area contributed by atoms with Gasteiger partial charge in [0.25, 0.3) is 0 Å². The van der Waals surface area contributed by atoms with Crippen molar-refractivity contribution in [2.45, 2.75) is 65.0 Å². The SMILES string of the molecule is Cc1ccc2c(N3CCCC3=O)cccc2c1Oc1ncccc1-c1ccnc(NC2CCCN(C(=O)OC(C)(C)C)C2)n1. The van der Waals surface area contributed by atoms with Crippen LogP contribution in [0.4, 0.5) is 16.4 Å². The van der Waals surface area contributed by atoms with Crippen LogP contribution in [-0.2, 0) is 9.53 Å². The monoisotopic (exact) mass is 594 g/mol. The van der Waals surface area contributed by atoms with Crippen LogP contribution in [0.5, 0.6) is 11.6 Å². The van der Waals surface area contributed by atoms with Gasteiger partial charge in [-0.05, 0) is 76.8 Å². The standard InChI is InChI=1S/C34H38N6O4/c1-22-14-15-24-25(10-5-12-28(24)40-20-8-13-29(40)41)30(22)43-31-26(11-6-17-35-31)27-16-18-36-32(38-27)37-23-9-7-19-39(21-23)33(42)44-34(2,3)4/h5-6,10-12,14-18,23H,7-9,13,19-21H2,1-4H3,(H,36,37,38). The van der Waals surface area contributed by atoms with Crippen molar-refractivity contribution in [3.63, 3.8) is 0 Å². The van der Waals surface area contributed by atoms with E-state index in [4.69, 9.17) is 14.5 Å². The van der Waals surface area contributed by atoms with Gasteiger partial charge in [-0.25, -0.2) is 19.7 Å². The fourth-order valence-corrected chi connectivity index (χ4v) is 5.81. The van der Waals surface area contributed by atoms with E-state index in [-0.39, 0.29) is 18.0 Å². The number of piperidine rings is 1. The lowest BCUT2D eigenvalue weighted by Gasteiger charge is -2.34. The molecule has 2 saturated heterocycles. The van der Waals surface area contributed by atoms with Gasteiger partial charge in [-0.2, -0.15) is 0 Å². The van der Waals surface area contributed by atoms with Crippen molar-refractivity contribution < 1.29 is 19.1 Å². The number of nitrogens with one attached hydrogen (secondary N) is 1. The molecule has 2 aromatic carbocycles. The largest absolute Gasteiger partial charge is 0.444 e. The van der Waals surface area contributed by atoms with E-state index in [0.717, 1.165) is 53.4 Å². The number of rotatable bonds is 6. The Balaban J connectivity index is 1.25. The Bertz CT molecular complexity index is 1700. The third kappa shape index (κ3) is 6.29. The highest BCUT2D eigenvalue weighted by Crippen LogP contribution is 2.40. The summed E-state index contributed by atoms with van der Waals surface area (Å²) < 4.78 is 12.1. The quantitative estimate of drug-likeness (QED) is 0.262. The lowest BCUT2D eigenvalue weighted by Crippen LogP contribution is -2.47. The zero-order valence-corrected chi connectivity index (χ0v) is 25.7. The highest BCUT2D eigenvalue weighted by molar-refractivity contribution is 6.06. The van der Waals surface area contributed by atoms with Gasteiger partial charge in [0, 0.05) is 55.3 Å². The summed E-state index contributed by atoms with van der Waals surface area (Å²) in [4.78, 5) is 42.7. The molecule has 2 aliphatic rings. The second-order valence-corrected chi connectivity index (χ2v) is 12.4. The summed E-state index contributed by atoms with van der Waals surface area (Å²) in [6, 6.07) is 15.6.